The molecule has 7 nitrogen and oxygen atoms in total. The molecule has 3 aromatic rings. The number of aromatic nitrogens is 1. The monoisotopic (exact) mass is 454 g/mol. The minimum absolute atomic E-state index is 0.0722. The van der Waals surface area contributed by atoms with Gasteiger partial charge in [-0.3, -0.25) is 9.59 Å². The summed E-state index contributed by atoms with van der Waals surface area (Å²) in [6.07, 6.45) is 0. The van der Waals surface area contributed by atoms with Crippen LogP contribution in [-0.2, 0) is 9.47 Å². The molecule has 0 radical (unpaired) electrons. The van der Waals surface area contributed by atoms with E-state index in [9.17, 15) is 14.4 Å². The Bertz CT molecular complexity index is 1120. The van der Waals surface area contributed by atoms with E-state index in [1.54, 1.807) is 55.0 Å². The molecule has 1 atom stereocenters. The van der Waals surface area contributed by atoms with E-state index in [2.05, 4.69) is 5.32 Å². The van der Waals surface area contributed by atoms with Crippen molar-refractivity contribution in [3.63, 3.8) is 0 Å². The summed E-state index contributed by atoms with van der Waals surface area (Å²) in [5.41, 5.74) is 2.76. The first-order chi connectivity index (χ1) is 15.3. The average molecular weight is 455 g/mol. The minimum Gasteiger partial charge on any atom is -0.454 e. The molecule has 1 aromatic carbocycles. The van der Waals surface area contributed by atoms with E-state index in [-0.39, 0.29) is 23.3 Å². The number of ether oxygens (including phenoxy) is 2. The largest absolute Gasteiger partial charge is 0.454 e. The van der Waals surface area contributed by atoms with Crippen molar-refractivity contribution in [1.29, 1.82) is 0 Å². The quantitative estimate of drug-likeness (QED) is 0.375. The molecule has 0 aliphatic carbocycles. The van der Waals surface area contributed by atoms with E-state index < -0.39 is 12.6 Å². The fourth-order valence-corrected chi connectivity index (χ4v) is 4.32. The van der Waals surface area contributed by atoms with E-state index in [0.717, 1.165) is 11.4 Å². The number of ketones is 1. The highest BCUT2D eigenvalue weighted by Crippen LogP contribution is 2.22. The van der Waals surface area contributed by atoms with Crippen LogP contribution in [0.5, 0.6) is 0 Å². The first-order valence-electron chi connectivity index (χ1n) is 10.1. The van der Waals surface area contributed by atoms with Gasteiger partial charge in [0.1, 0.15) is 0 Å². The summed E-state index contributed by atoms with van der Waals surface area (Å²) in [6, 6.07) is 11.9. The Labute approximate surface area is 191 Å². The Morgan fingerprint density at radius 3 is 2.53 bits per heavy atom. The lowest BCUT2D eigenvalue weighted by atomic mass is 10.1. The number of aryl methyl sites for hydroxylation is 1. The van der Waals surface area contributed by atoms with Crippen LogP contribution >= 0.6 is 11.3 Å². The molecule has 1 N–H and O–H groups in total. The molecular formula is C24H26N2O5S. The molecule has 0 saturated carbocycles. The molecule has 2 aromatic heterocycles. The summed E-state index contributed by atoms with van der Waals surface area (Å²) < 4.78 is 12.6. The molecule has 0 aliphatic heterocycles. The molecule has 0 saturated heterocycles. The number of anilines is 1. The molecule has 0 aliphatic rings. The number of amides is 1. The number of hydrogen-bond acceptors (Lipinski definition) is 6. The topological polar surface area (TPSA) is 86.6 Å². The van der Waals surface area contributed by atoms with Crippen LogP contribution in [0.15, 0.2) is 47.8 Å². The van der Waals surface area contributed by atoms with Gasteiger partial charge in [-0.05, 0) is 50.4 Å². The number of Topliss-reactive ketones (excluding diaryl/α,β-unsaturated/α-hetero) is 1. The number of nitrogens with one attached hydrogen (secondary N) is 1. The van der Waals surface area contributed by atoms with Gasteiger partial charge in [0.25, 0.3) is 5.91 Å². The Morgan fingerprint density at radius 2 is 1.84 bits per heavy atom. The minimum atomic E-state index is -0.679. The van der Waals surface area contributed by atoms with Crippen LogP contribution in [0.2, 0.25) is 0 Å². The van der Waals surface area contributed by atoms with Gasteiger partial charge in [0.2, 0.25) is 5.78 Å². The number of carbonyl (C=O) groups is 3. The SMILES string of the molecule is COCC(C)n1c(C)cc(C(=O)COC(=O)c2ccccc2NC(=O)c2cccs2)c1C. The van der Waals surface area contributed by atoms with Gasteiger partial charge in [0.05, 0.1) is 28.8 Å². The molecule has 1 amide bonds. The van der Waals surface area contributed by atoms with Crippen molar-refractivity contribution in [2.75, 3.05) is 25.6 Å². The average Bonchev–Trinajstić information content (AvgIpc) is 3.40. The predicted octanol–water partition coefficient (Wildman–Crippen LogP) is 4.67. The number of benzene rings is 1. The van der Waals surface area contributed by atoms with Crippen LogP contribution < -0.4 is 5.32 Å². The van der Waals surface area contributed by atoms with Crippen molar-refractivity contribution < 1.29 is 23.9 Å². The molecule has 0 spiro atoms. The van der Waals surface area contributed by atoms with Gasteiger partial charge in [-0.25, -0.2) is 4.79 Å². The number of hydrogen-bond donors (Lipinski definition) is 1. The third-order valence-electron chi connectivity index (χ3n) is 5.11. The maximum Gasteiger partial charge on any atom is 0.340 e. The van der Waals surface area contributed by atoms with E-state index in [0.29, 0.717) is 22.7 Å². The Hall–Kier alpha value is -3.23. The second kappa shape index (κ2) is 10.4. The molecule has 0 bridgehead atoms. The summed E-state index contributed by atoms with van der Waals surface area (Å²) in [6.45, 7) is 5.93. The molecule has 3 rings (SSSR count). The summed E-state index contributed by atoms with van der Waals surface area (Å²) in [5.74, 6) is -1.28. The van der Waals surface area contributed by atoms with Gasteiger partial charge in [-0.1, -0.05) is 18.2 Å². The van der Waals surface area contributed by atoms with Gasteiger partial charge >= 0.3 is 5.97 Å². The highest BCUT2D eigenvalue weighted by molar-refractivity contribution is 7.12. The zero-order chi connectivity index (χ0) is 23.3. The number of thiophene rings is 1. The number of esters is 1. The highest BCUT2D eigenvalue weighted by atomic mass is 32.1. The lowest BCUT2D eigenvalue weighted by Crippen LogP contribution is -2.18. The third kappa shape index (κ3) is 5.15. The molecule has 168 valence electrons. The maximum atomic E-state index is 12.8. The highest BCUT2D eigenvalue weighted by Gasteiger charge is 2.21. The van der Waals surface area contributed by atoms with Crippen molar-refractivity contribution in [2.45, 2.75) is 26.8 Å². The third-order valence-corrected chi connectivity index (χ3v) is 5.98. The Morgan fingerprint density at radius 1 is 1.09 bits per heavy atom. The molecule has 1 unspecified atom stereocenters. The second-order valence-corrected chi connectivity index (χ2v) is 8.38. The standard InChI is InChI=1S/C24H26N2O5S/c1-15-12-19(17(3)26(15)16(2)13-30-4)21(27)14-31-24(29)18-8-5-6-9-20(18)25-23(28)22-10-7-11-32-22/h5-12,16H,13-14H2,1-4H3,(H,25,28). The van der Waals surface area contributed by atoms with Crippen molar-refractivity contribution in [3.05, 3.63) is 75.2 Å². The van der Waals surface area contributed by atoms with Crippen molar-refractivity contribution in [1.82, 2.24) is 4.57 Å². The number of para-hydroxylation sites is 1. The summed E-state index contributed by atoms with van der Waals surface area (Å²) in [4.78, 5) is 38.3. The van der Waals surface area contributed by atoms with Crippen LogP contribution in [0.1, 0.15) is 54.7 Å². The smallest absolute Gasteiger partial charge is 0.340 e. The van der Waals surface area contributed by atoms with E-state index in [1.807, 2.05) is 25.3 Å². The van der Waals surface area contributed by atoms with Crippen LogP contribution in [-0.4, -0.2) is 42.6 Å². The Balaban J connectivity index is 1.70. The lowest BCUT2D eigenvalue weighted by molar-refractivity contribution is 0.0475. The summed E-state index contributed by atoms with van der Waals surface area (Å²) in [7, 11) is 1.64. The number of nitrogens with zero attached hydrogens (tertiary/aromatic N) is 1. The first kappa shape index (κ1) is 23.4. The fraction of sp³-hybridized carbons (Fsp3) is 0.292. The van der Waals surface area contributed by atoms with Crippen molar-refractivity contribution >= 4 is 34.7 Å². The number of carbonyl (C=O) groups excluding carboxylic acids is 3. The molecule has 2 heterocycles. The van der Waals surface area contributed by atoms with Gasteiger partial charge in [-0.15, -0.1) is 11.3 Å². The summed E-state index contributed by atoms with van der Waals surface area (Å²) in [5, 5.41) is 4.53. The molecule has 0 fully saturated rings. The van der Waals surface area contributed by atoms with Gasteiger partial charge in [0.15, 0.2) is 6.61 Å². The normalized spacial score (nSPS) is 11.8. The van der Waals surface area contributed by atoms with E-state index >= 15 is 0 Å². The summed E-state index contributed by atoms with van der Waals surface area (Å²) >= 11 is 1.30. The predicted molar refractivity (Wildman–Crippen MR) is 124 cm³/mol. The number of methoxy groups -OCH3 is 1. The lowest BCUT2D eigenvalue weighted by Gasteiger charge is -2.17. The van der Waals surface area contributed by atoms with Gasteiger partial charge in [0, 0.05) is 24.1 Å². The first-order valence-corrected chi connectivity index (χ1v) is 11.0. The van der Waals surface area contributed by atoms with Crippen LogP contribution in [0.4, 0.5) is 5.69 Å². The molecular weight excluding hydrogens is 428 g/mol. The molecule has 32 heavy (non-hydrogen) atoms. The van der Waals surface area contributed by atoms with Crippen molar-refractivity contribution in [3.8, 4) is 0 Å². The van der Waals surface area contributed by atoms with Gasteiger partial charge < -0.3 is 19.4 Å². The zero-order valence-electron chi connectivity index (χ0n) is 18.5. The molecule has 8 heteroatoms. The Kier molecular flexibility index (Phi) is 7.61. The van der Waals surface area contributed by atoms with Crippen LogP contribution in [0.3, 0.4) is 0 Å². The van der Waals surface area contributed by atoms with Crippen molar-refractivity contribution in [2.24, 2.45) is 0 Å². The van der Waals surface area contributed by atoms with E-state index in [1.165, 1.54) is 11.3 Å². The number of rotatable bonds is 9. The maximum absolute atomic E-state index is 12.8. The van der Waals surface area contributed by atoms with Gasteiger partial charge in [-0.2, -0.15) is 0 Å². The van der Waals surface area contributed by atoms with E-state index in [4.69, 9.17) is 9.47 Å². The zero-order valence-corrected chi connectivity index (χ0v) is 19.3. The second-order valence-electron chi connectivity index (χ2n) is 7.44. The fourth-order valence-electron chi connectivity index (χ4n) is 3.70. The van der Waals surface area contributed by atoms with Crippen LogP contribution in [0.25, 0.3) is 0 Å². The van der Waals surface area contributed by atoms with Crippen LogP contribution in [0, 0.1) is 13.8 Å².